The number of ketones is 1. The minimum atomic E-state index is -0.125. The molecule has 7 rings (SSSR count). The number of hydrogen-bond acceptors (Lipinski definition) is 4. The molecule has 5 heteroatoms. The minimum Gasteiger partial charge on any atom is -0.512 e. The number of nitrogens with zero attached hydrogens (tertiary/aromatic N) is 1. The van der Waals surface area contributed by atoms with E-state index in [4.69, 9.17) is 14.5 Å². The molecule has 0 aliphatic carbocycles. The van der Waals surface area contributed by atoms with Crippen LogP contribution < -0.4 is 0 Å². The van der Waals surface area contributed by atoms with E-state index in [1.54, 1.807) is 0 Å². The van der Waals surface area contributed by atoms with Crippen LogP contribution in [-0.2, 0) is 30.3 Å². The van der Waals surface area contributed by atoms with Gasteiger partial charge in [-0.3, -0.25) is 4.79 Å². The zero-order chi connectivity index (χ0) is 34.2. The van der Waals surface area contributed by atoms with Gasteiger partial charge in [0, 0.05) is 37.8 Å². The van der Waals surface area contributed by atoms with E-state index < -0.39 is 0 Å². The third kappa shape index (κ3) is 7.59. The molecular weight excluding hydrogens is 783 g/mol. The fourth-order valence-corrected chi connectivity index (χ4v) is 6.17. The summed E-state index contributed by atoms with van der Waals surface area (Å²) in [7, 11) is 0. The molecule has 0 unspecified atom stereocenters. The molecule has 5 aromatic carbocycles. The Hall–Kier alpha value is -4.83. The predicted octanol–water partition coefficient (Wildman–Crippen LogP) is 11.9. The number of pyridine rings is 1. The van der Waals surface area contributed by atoms with Gasteiger partial charge >= 0.3 is 0 Å². The second-order valence-corrected chi connectivity index (χ2v) is 13.5. The fourth-order valence-electron chi connectivity index (χ4n) is 6.17. The fraction of sp³-hybridized carbons (Fsp3) is 0.182. The summed E-state index contributed by atoms with van der Waals surface area (Å²) in [6, 6.07) is 38.2. The molecule has 4 nitrogen and oxygen atoms in total. The first-order valence-electron chi connectivity index (χ1n) is 16.2. The Morgan fingerprint density at radius 3 is 2.16 bits per heavy atom. The van der Waals surface area contributed by atoms with Crippen LogP contribution in [0.25, 0.3) is 66.2 Å². The summed E-state index contributed by atoms with van der Waals surface area (Å²) in [5.41, 5.74) is 12.2. The van der Waals surface area contributed by atoms with Crippen LogP contribution in [0.4, 0.5) is 0 Å². The number of aromatic nitrogens is 1. The van der Waals surface area contributed by atoms with Crippen LogP contribution in [0.2, 0.25) is 0 Å². The van der Waals surface area contributed by atoms with Crippen LogP contribution in [0, 0.1) is 19.9 Å². The Labute approximate surface area is 301 Å². The van der Waals surface area contributed by atoms with E-state index in [0.717, 1.165) is 38.8 Å². The largest absolute Gasteiger partial charge is 0.512 e. The zero-order valence-corrected chi connectivity index (χ0v) is 31.3. The number of carbonyl (C=O) groups is 1. The quantitative estimate of drug-likeness (QED) is 0.109. The third-order valence-corrected chi connectivity index (χ3v) is 8.67. The maximum atomic E-state index is 10.0. The molecule has 0 bridgehead atoms. The molecule has 0 aliphatic rings. The van der Waals surface area contributed by atoms with E-state index in [0.29, 0.717) is 0 Å². The van der Waals surface area contributed by atoms with Gasteiger partial charge in [-0.2, -0.15) is 0 Å². The van der Waals surface area contributed by atoms with Crippen molar-refractivity contribution in [3.8, 4) is 33.5 Å². The van der Waals surface area contributed by atoms with E-state index >= 15 is 0 Å². The van der Waals surface area contributed by atoms with Crippen molar-refractivity contribution in [1.82, 2.24) is 4.98 Å². The Morgan fingerprint density at radius 2 is 1.49 bits per heavy atom. The van der Waals surface area contributed by atoms with Gasteiger partial charge < -0.3 is 14.5 Å². The summed E-state index contributed by atoms with van der Waals surface area (Å²) in [6.45, 7) is 13.9. The Kier molecular flexibility index (Phi) is 10.4. The van der Waals surface area contributed by atoms with Crippen molar-refractivity contribution in [2.45, 2.75) is 53.9 Å². The van der Waals surface area contributed by atoms with Crippen molar-refractivity contribution < 1.29 is 34.4 Å². The van der Waals surface area contributed by atoms with Gasteiger partial charge in [0.25, 0.3) is 0 Å². The van der Waals surface area contributed by atoms with E-state index in [1.165, 1.54) is 64.1 Å². The Bertz CT molecular complexity index is 2340. The zero-order valence-electron chi connectivity index (χ0n) is 28.9. The molecule has 0 atom stereocenters. The summed E-state index contributed by atoms with van der Waals surface area (Å²) in [5, 5.41) is 13.0. The molecule has 0 aliphatic heterocycles. The van der Waals surface area contributed by atoms with Crippen molar-refractivity contribution in [2.75, 3.05) is 0 Å². The molecule has 7 aromatic rings. The molecule has 1 radical (unpaired) electrons. The average Bonchev–Trinajstić information content (AvgIpc) is 3.43. The number of allylic oxidation sites excluding steroid dienone is 2. The predicted molar refractivity (Wildman–Crippen MR) is 199 cm³/mol. The maximum Gasteiger partial charge on any atom is 0.155 e. The number of hydrogen-bond donors (Lipinski definition) is 1. The molecule has 2 heterocycles. The monoisotopic (exact) mass is 823 g/mol. The van der Waals surface area contributed by atoms with Crippen LogP contribution >= 0.6 is 0 Å². The number of benzene rings is 5. The first-order valence-corrected chi connectivity index (χ1v) is 16.2. The van der Waals surface area contributed by atoms with Gasteiger partial charge in [-0.05, 0) is 107 Å². The van der Waals surface area contributed by atoms with Gasteiger partial charge in [-0.15, -0.1) is 18.2 Å². The topological polar surface area (TPSA) is 63.3 Å². The first kappa shape index (κ1) is 35.5. The number of aliphatic hydroxyl groups excluding tert-OH is 1. The summed E-state index contributed by atoms with van der Waals surface area (Å²) in [6.07, 6.45) is 3.13. The molecule has 0 saturated heterocycles. The van der Waals surface area contributed by atoms with Crippen LogP contribution in [0.3, 0.4) is 0 Å². The molecule has 249 valence electrons. The Morgan fingerprint density at radius 1 is 0.796 bits per heavy atom. The normalized spacial score (nSPS) is 11.7. The average molecular weight is 823 g/mol. The first-order chi connectivity index (χ1) is 22.9. The summed E-state index contributed by atoms with van der Waals surface area (Å²) in [4.78, 5) is 14.8. The molecule has 0 spiro atoms. The summed E-state index contributed by atoms with van der Waals surface area (Å²) in [5.74, 6) is -0.0625. The van der Waals surface area contributed by atoms with Crippen LogP contribution in [0.1, 0.15) is 51.3 Å². The van der Waals surface area contributed by atoms with Gasteiger partial charge in [0.1, 0.15) is 5.58 Å². The van der Waals surface area contributed by atoms with Crippen molar-refractivity contribution in [1.29, 1.82) is 0 Å². The molecule has 0 fully saturated rings. The van der Waals surface area contributed by atoms with Crippen LogP contribution in [-0.4, -0.2) is 15.9 Å². The molecule has 2 aromatic heterocycles. The van der Waals surface area contributed by atoms with E-state index in [-0.39, 0.29) is 37.1 Å². The molecular formula is C44H40IrNO3-. The Balaban J connectivity index is 0.000000532. The molecule has 49 heavy (non-hydrogen) atoms. The van der Waals surface area contributed by atoms with Crippen LogP contribution in [0.5, 0.6) is 0 Å². The molecule has 0 saturated carbocycles. The number of carbonyl (C=O) groups excluding carboxylic acids is 1. The van der Waals surface area contributed by atoms with Crippen molar-refractivity contribution in [3.63, 3.8) is 0 Å². The SMILES string of the molecule is CC(=O)/C=C(/C)O.Cc1cnc(-c2[c-]ccc3c2oc2ccccc23)cc1-c1cc2ccc(-c3ccc(C(C)(C)C)cc3)cc2cc1C.[Ir]. The van der Waals surface area contributed by atoms with E-state index in [9.17, 15) is 4.79 Å². The number of aliphatic hydroxyl groups is 1. The maximum absolute atomic E-state index is 10.0. The standard InChI is InChI=1S/C39H32NO.C5H8O2.Ir/c1-24-19-29-20-27(26-15-17-30(18-16-26)39(3,4)5)13-14-28(29)21-34(24)35-22-36(40-23-25(35)2)33-11-8-10-32-31-9-6-7-12-37(31)41-38(32)33;1-4(6)3-5(2)7;/h6-10,12-23H,1-5H3;3,6H,1-2H3;/q-1;;/b;4-3-;. The molecule has 0 amide bonds. The smallest absolute Gasteiger partial charge is 0.155 e. The number of para-hydroxylation sites is 1. The number of furan rings is 1. The van der Waals surface area contributed by atoms with Crippen molar-refractivity contribution in [2.24, 2.45) is 0 Å². The second-order valence-electron chi connectivity index (χ2n) is 13.5. The molecule has 1 N–H and O–H groups in total. The van der Waals surface area contributed by atoms with E-state index in [2.05, 4.69) is 113 Å². The van der Waals surface area contributed by atoms with Gasteiger partial charge in [0.05, 0.1) is 11.3 Å². The van der Waals surface area contributed by atoms with Gasteiger partial charge in [-0.1, -0.05) is 98.5 Å². The third-order valence-electron chi connectivity index (χ3n) is 8.67. The second kappa shape index (κ2) is 14.3. The summed E-state index contributed by atoms with van der Waals surface area (Å²) >= 11 is 0. The number of fused-ring (bicyclic) bond motifs is 4. The van der Waals surface area contributed by atoms with Crippen LogP contribution in [0.15, 0.2) is 120 Å². The number of rotatable bonds is 4. The van der Waals surface area contributed by atoms with Crippen molar-refractivity contribution >= 4 is 38.5 Å². The van der Waals surface area contributed by atoms with E-state index in [1.807, 2.05) is 30.5 Å². The van der Waals surface area contributed by atoms with Crippen molar-refractivity contribution in [3.05, 3.63) is 138 Å². The van der Waals surface area contributed by atoms with Gasteiger partial charge in [0.2, 0.25) is 0 Å². The van der Waals surface area contributed by atoms with Gasteiger partial charge in [-0.25, -0.2) is 0 Å². The number of aryl methyl sites for hydroxylation is 2. The summed E-state index contributed by atoms with van der Waals surface area (Å²) < 4.78 is 6.29. The van der Waals surface area contributed by atoms with Gasteiger partial charge in [0.15, 0.2) is 5.78 Å². The minimum absolute atomic E-state index is 0.